The maximum Gasteiger partial charge on any atom is 0.230 e. The third-order valence-corrected chi connectivity index (χ3v) is 4.62. The molecule has 0 saturated heterocycles. The molecule has 120 valence electrons. The molecule has 23 heavy (non-hydrogen) atoms. The van der Waals surface area contributed by atoms with E-state index in [9.17, 15) is 4.79 Å². The molecule has 1 amide bonds. The van der Waals surface area contributed by atoms with Crippen LogP contribution in [0.5, 0.6) is 5.75 Å². The fraction of sp³-hybridized carbons (Fsp3) is 0.350. The van der Waals surface area contributed by atoms with Gasteiger partial charge in [0.1, 0.15) is 12.4 Å². The van der Waals surface area contributed by atoms with Crippen LogP contribution in [0.15, 0.2) is 54.6 Å². The van der Waals surface area contributed by atoms with E-state index < -0.39 is 0 Å². The van der Waals surface area contributed by atoms with E-state index in [1.54, 1.807) is 0 Å². The Kier molecular flexibility index (Phi) is 4.65. The number of hydrogen-bond donors (Lipinski definition) is 1. The standard InChI is InChI=1S/C20H23NO2/c1-20(13-5-6-14-20)19(22)21-17-9-11-18(12-10-17)23-15-16-7-3-2-4-8-16/h2-4,7-12H,5-6,13-15H2,1H3,(H,21,22). The number of carbonyl (C=O) groups is 1. The first-order valence-corrected chi connectivity index (χ1v) is 8.24. The summed E-state index contributed by atoms with van der Waals surface area (Å²) in [6.07, 6.45) is 4.26. The van der Waals surface area contributed by atoms with Gasteiger partial charge in [0.25, 0.3) is 0 Å². The molecule has 0 aliphatic heterocycles. The monoisotopic (exact) mass is 309 g/mol. The van der Waals surface area contributed by atoms with Crippen LogP contribution < -0.4 is 10.1 Å². The Bertz CT molecular complexity index is 643. The van der Waals surface area contributed by atoms with E-state index in [0.29, 0.717) is 6.61 Å². The van der Waals surface area contributed by atoms with Crippen molar-refractivity contribution in [3.63, 3.8) is 0 Å². The van der Waals surface area contributed by atoms with Crippen LogP contribution in [0.4, 0.5) is 5.69 Å². The lowest BCUT2D eigenvalue weighted by molar-refractivity contribution is -0.124. The zero-order chi connectivity index (χ0) is 16.1. The predicted molar refractivity (Wildman–Crippen MR) is 92.4 cm³/mol. The third-order valence-electron chi connectivity index (χ3n) is 4.62. The lowest BCUT2D eigenvalue weighted by Gasteiger charge is -2.22. The number of hydrogen-bond acceptors (Lipinski definition) is 2. The van der Waals surface area contributed by atoms with E-state index in [1.165, 1.54) is 0 Å². The summed E-state index contributed by atoms with van der Waals surface area (Å²) in [7, 11) is 0. The van der Waals surface area contributed by atoms with Crippen molar-refractivity contribution in [2.75, 3.05) is 5.32 Å². The first-order valence-electron chi connectivity index (χ1n) is 8.24. The summed E-state index contributed by atoms with van der Waals surface area (Å²) in [5, 5.41) is 3.03. The minimum atomic E-state index is -0.206. The Labute approximate surface area is 137 Å². The van der Waals surface area contributed by atoms with Gasteiger partial charge >= 0.3 is 0 Å². The van der Waals surface area contributed by atoms with Crippen molar-refractivity contribution < 1.29 is 9.53 Å². The molecule has 3 heteroatoms. The summed E-state index contributed by atoms with van der Waals surface area (Å²) in [4.78, 5) is 12.4. The Morgan fingerprint density at radius 3 is 2.35 bits per heavy atom. The van der Waals surface area contributed by atoms with E-state index in [1.807, 2.05) is 54.6 Å². The largest absolute Gasteiger partial charge is 0.489 e. The maximum absolute atomic E-state index is 12.4. The normalized spacial score (nSPS) is 16.0. The number of ether oxygens (including phenoxy) is 1. The smallest absolute Gasteiger partial charge is 0.230 e. The van der Waals surface area contributed by atoms with Crippen molar-refractivity contribution in [2.45, 2.75) is 39.2 Å². The molecule has 0 radical (unpaired) electrons. The maximum atomic E-state index is 12.4. The Hall–Kier alpha value is -2.29. The molecular formula is C20H23NO2. The molecule has 0 unspecified atom stereocenters. The van der Waals surface area contributed by atoms with Crippen LogP contribution in [-0.2, 0) is 11.4 Å². The molecule has 0 aromatic heterocycles. The van der Waals surface area contributed by atoms with Crippen molar-refractivity contribution in [1.82, 2.24) is 0 Å². The first-order chi connectivity index (χ1) is 11.2. The van der Waals surface area contributed by atoms with Gasteiger partial charge in [0.2, 0.25) is 5.91 Å². The van der Waals surface area contributed by atoms with Gasteiger partial charge in [-0.1, -0.05) is 50.1 Å². The van der Waals surface area contributed by atoms with Gasteiger partial charge in [-0.15, -0.1) is 0 Å². The second-order valence-electron chi connectivity index (χ2n) is 6.52. The lowest BCUT2D eigenvalue weighted by Crippen LogP contribution is -2.30. The van der Waals surface area contributed by atoms with Crippen LogP contribution in [0.3, 0.4) is 0 Å². The Morgan fingerprint density at radius 1 is 1.04 bits per heavy atom. The van der Waals surface area contributed by atoms with Gasteiger partial charge in [0.05, 0.1) is 0 Å². The lowest BCUT2D eigenvalue weighted by atomic mass is 9.88. The second kappa shape index (κ2) is 6.86. The highest BCUT2D eigenvalue weighted by Gasteiger charge is 2.36. The SMILES string of the molecule is CC1(C(=O)Nc2ccc(OCc3ccccc3)cc2)CCCC1. The van der Waals surface area contributed by atoms with Crippen molar-refractivity contribution >= 4 is 11.6 Å². The van der Waals surface area contributed by atoms with Gasteiger partial charge in [-0.3, -0.25) is 4.79 Å². The molecule has 3 nitrogen and oxygen atoms in total. The number of carbonyl (C=O) groups excluding carboxylic acids is 1. The molecule has 0 bridgehead atoms. The van der Waals surface area contributed by atoms with Gasteiger partial charge in [0, 0.05) is 11.1 Å². The molecule has 0 atom stereocenters. The van der Waals surface area contributed by atoms with E-state index in [-0.39, 0.29) is 11.3 Å². The van der Waals surface area contributed by atoms with Crippen molar-refractivity contribution in [3.05, 3.63) is 60.2 Å². The van der Waals surface area contributed by atoms with Gasteiger partial charge in [-0.2, -0.15) is 0 Å². The minimum absolute atomic E-state index is 0.132. The minimum Gasteiger partial charge on any atom is -0.489 e. The number of nitrogens with one attached hydrogen (secondary N) is 1. The summed E-state index contributed by atoms with van der Waals surface area (Å²) >= 11 is 0. The van der Waals surface area contributed by atoms with E-state index in [0.717, 1.165) is 42.7 Å². The predicted octanol–water partition coefficient (Wildman–Crippen LogP) is 4.78. The van der Waals surface area contributed by atoms with Gasteiger partial charge < -0.3 is 10.1 Å². The topological polar surface area (TPSA) is 38.3 Å². The second-order valence-corrected chi connectivity index (χ2v) is 6.52. The highest BCUT2D eigenvalue weighted by molar-refractivity contribution is 5.95. The molecule has 0 spiro atoms. The summed E-state index contributed by atoms with van der Waals surface area (Å²) in [5.41, 5.74) is 1.76. The molecule has 1 aliphatic carbocycles. The van der Waals surface area contributed by atoms with Crippen LogP contribution in [0, 0.1) is 5.41 Å². The molecule has 1 fully saturated rings. The van der Waals surface area contributed by atoms with Crippen LogP contribution in [-0.4, -0.2) is 5.91 Å². The number of rotatable bonds is 5. The average Bonchev–Trinajstić information content (AvgIpc) is 3.03. The van der Waals surface area contributed by atoms with Crippen molar-refractivity contribution in [2.24, 2.45) is 5.41 Å². The number of anilines is 1. The molecule has 2 aromatic carbocycles. The zero-order valence-electron chi connectivity index (χ0n) is 13.5. The first kappa shape index (κ1) is 15.6. The summed E-state index contributed by atoms with van der Waals surface area (Å²) in [5.74, 6) is 0.937. The van der Waals surface area contributed by atoms with Gasteiger partial charge in [-0.25, -0.2) is 0 Å². The quantitative estimate of drug-likeness (QED) is 0.863. The average molecular weight is 309 g/mol. The highest BCUT2D eigenvalue weighted by atomic mass is 16.5. The van der Waals surface area contributed by atoms with Gasteiger partial charge in [0.15, 0.2) is 0 Å². The molecule has 1 aliphatic rings. The summed E-state index contributed by atoms with van der Waals surface area (Å²) in [6.45, 7) is 2.61. The Balaban J connectivity index is 1.55. The summed E-state index contributed by atoms with van der Waals surface area (Å²) < 4.78 is 5.76. The van der Waals surface area contributed by atoms with E-state index >= 15 is 0 Å². The van der Waals surface area contributed by atoms with E-state index in [2.05, 4.69) is 12.2 Å². The fourth-order valence-electron chi connectivity index (χ4n) is 3.04. The highest BCUT2D eigenvalue weighted by Crippen LogP contribution is 2.38. The molecule has 0 heterocycles. The van der Waals surface area contributed by atoms with Crippen LogP contribution in [0.1, 0.15) is 38.2 Å². The third kappa shape index (κ3) is 3.92. The zero-order valence-corrected chi connectivity index (χ0v) is 13.5. The van der Waals surface area contributed by atoms with Crippen LogP contribution in [0.25, 0.3) is 0 Å². The van der Waals surface area contributed by atoms with Crippen molar-refractivity contribution in [1.29, 1.82) is 0 Å². The molecule has 2 aromatic rings. The molecule has 1 N–H and O–H groups in total. The summed E-state index contributed by atoms with van der Waals surface area (Å²) in [6, 6.07) is 17.7. The van der Waals surface area contributed by atoms with Crippen molar-refractivity contribution in [3.8, 4) is 5.75 Å². The van der Waals surface area contributed by atoms with Crippen LogP contribution >= 0.6 is 0 Å². The van der Waals surface area contributed by atoms with E-state index in [4.69, 9.17) is 4.74 Å². The molecule has 3 rings (SSSR count). The molecular weight excluding hydrogens is 286 g/mol. The fourth-order valence-corrected chi connectivity index (χ4v) is 3.04. The molecule has 1 saturated carbocycles. The number of benzene rings is 2. The Morgan fingerprint density at radius 2 is 1.70 bits per heavy atom. The van der Waals surface area contributed by atoms with Gasteiger partial charge in [-0.05, 0) is 42.7 Å². The van der Waals surface area contributed by atoms with Crippen LogP contribution in [0.2, 0.25) is 0 Å². The number of amides is 1.